The molecule has 6 nitrogen and oxygen atoms in total. The smallest absolute Gasteiger partial charge is 0.243 e. The molecule has 0 spiro atoms. The lowest BCUT2D eigenvalue weighted by molar-refractivity contribution is -0.117. The van der Waals surface area contributed by atoms with Crippen LogP contribution in [0, 0.1) is 3.57 Å². The van der Waals surface area contributed by atoms with Crippen molar-refractivity contribution in [3.05, 3.63) is 88.0 Å². The van der Waals surface area contributed by atoms with E-state index in [1.165, 1.54) is 19.2 Å². The van der Waals surface area contributed by atoms with Gasteiger partial charge in [0.15, 0.2) is 0 Å². The summed E-state index contributed by atoms with van der Waals surface area (Å²) in [5.74, 6) is 0.0160. The number of halogens is 1. The first-order valence-corrected chi connectivity index (χ1v) is 11.7. The van der Waals surface area contributed by atoms with Crippen molar-refractivity contribution in [3.8, 4) is 5.75 Å². The molecule has 3 aromatic rings. The Morgan fingerprint density at radius 1 is 0.967 bits per heavy atom. The quantitative estimate of drug-likeness (QED) is 0.429. The van der Waals surface area contributed by atoms with Crippen LogP contribution in [0.2, 0.25) is 0 Å². The molecule has 0 heterocycles. The Hall–Kier alpha value is -2.43. The zero-order chi connectivity index (χ0) is 21.6. The highest BCUT2D eigenvalue weighted by Gasteiger charge is 2.26. The van der Waals surface area contributed by atoms with E-state index in [2.05, 4.69) is 32.6 Å². The van der Waals surface area contributed by atoms with Gasteiger partial charge in [0, 0.05) is 3.57 Å². The molecular weight excluding hydrogens is 515 g/mol. The van der Waals surface area contributed by atoms with Crippen molar-refractivity contribution < 1.29 is 17.9 Å². The van der Waals surface area contributed by atoms with Crippen molar-refractivity contribution in [1.29, 1.82) is 0 Å². The first kappa shape index (κ1) is 22.3. The van der Waals surface area contributed by atoms with Crippen LogP contribution in [-0.2, 0) is 21.2 Å². The Morgan fingerprint density at radius 3 is 2.27 bits per heavy atom. The van der Waals surface area contributed by atoms with Crippen molar-refractivity contribution >= 4 is 44.2 Å². The minimum atomic E-state index is -3.89. The van der Waals surface area contributed by atoms with Gasteiger partial charge in [-0.15, -0.1) is 0 Å². The third-order valence-corrected chi connectivity index (χ3v) is 6.59. The summed E-state index contributed by atoms with van der Waals surface area (Å²) in [5, 5.41) is 2.77. The van der Waals surface area contributed by atoms with E-state index in [1.807, 2.05) is 30.3 Å². The molecule has 2 N–H and O–H groups in total. The molecule has 30 heavy (non-hydrogen) atoms. The number of ether oxygens (including phenoxy) is 1. The molecule has 0 aliphatic rings. The zero-order valence-electron chi connectivity index (χ0n) is 16.2. The van der Waals surface area contributed by atoms with Gasteiger partial charge in [0.2, 0.25) is 15.9 Å². The molecule has 0 bridgehead atoms. The van der Waals surface area contributed by atoms with E-state index in [9.17, 15) is 13.2 Å². The second-order valence-electron chi connectivity index (χ2n) is 6.51. The largest absolute Gasteiger partial charge is 0.495 e. The van der Waals surface area contributed by atoms with Crippen LogP contribution in [0.15, 0.2) is 83.8 Å². The number of nitrogens with one attached hydrogen (secondary N) is 2. The SMILES string of the molecule is COc1ccccc1NC(=O)[C@@H](Cc1ccccc1)NS(=O)(=O)c1ccc(I)cc1. The summed E-state index contributed by atoms with van der Waals surface area (Å²) in [6, 6.07) is 21.7. The van der Waals surface area contributed by atoms with Crippen LogP contribution in [0.1, 0.15) is 5.56 Å². The number of amides is 1. The van der Waals surface area contributed by atoms with E-state index in [4.69, 9.17) is 4.74 Å². The second kappa shape index (κ2) is 10.1. The van der Waals surface area contributed by atoms with Crippen LogP contribution in [0.25, 0.3) is 0 Å². The van der Waals surface area contributed by atoms with E-state index in [0.717, 1.165) is 9.13 Å². The van der Waals surface area contributed by atoms with Crippen LogP contribution in [0.5, 0.6) is 5.75 Å². The highest BCUT2D eigenvalue weighted by atomic mass is 127. The lowest BCUT2D eigenvalue weighted by Gasteiger charge is -2.19. The van der Waals surface area contributed by atoms with E-state index < -0.39 is 22.0 Å². The van der Waals surface area contributed by atoms with E-state index in [0.29, 0.717) is 11.4 Å². The summed E-state index contributed by atoms with van der Waals surface area (Å²) in [5.41, 5.74) is 1.31. The summed E-state index contributed by atoms with van der Waals surface area (Å²) in [6.45, 7) is 0. The highest BCUT2D eigenvalue weighted by molar-refractivity contribution is 14.1. The third kappa shape index (κ3) is 5.80. The van der Waals surface area contributed by atoms with Gasteiger partial charge in [-0.25, -0.2) is 8.42 Å². The average molecular weight is 536 g/mol. The Labute approximate surface area is 189 Å². The number of benzene rings is 3. The van der Waals surface area contributed by atoms with Crippen LogP contribution in [0.4, 0.5) is 5.69 Å². The van der Waals surface area contributed by atoms with Crippen LogP contribution in [-0.4, -0.2) is 27.5 Å². The minimum absolute atomic E-state index is 0.103. The standard InChI is InChI=1S/C22H21IN2O4S/c1-29-21-10-6-5-9-19(21)24-22(26)20(15-16-7-3-2-4-8-16)25-30(27,28)18-13-11-17(23)12-14-18/h2-14,20,25H,15H2,1H3,(H,24,26)/t20-/m1/s1. The lowest BCUT2D eigenvalue weighted by Crippen LogP contribution is -2.45. The van der Waals surface area contributed by atoms with Gasteiger partial charge in [-0.05, 0) is 71.0 Å². The number of methoxy groups -OCH3 is 1. The van der Waals surface area contributed by atoms with Crippen molar-refractivity contribution in [1.82, 2.24) is 4.72 Å². The minimum Gasteiger partial charge on any atom is -0.495 e. The summed E-state index contributed by atoms with van der Waals surface area (Å²) < 4.78 is 34.6. The number of carbonyl (C=O) groups is 1. The van der Waals surface area contributed by atoms with E-state index in [1.54, 1.807) is 36.4 Å². The zero-order valence-corrected chi connectivity index (χ0v) is 19.2. The number of carbonyl (C=O) groups excluding carboxylic acids is 1. The molecule has 3 aromatic carbocycles. The summed E-state index contributed by atoms with van der Waals surface area (Å²) in [4.78, 5) is 13.2. The maximum absolute atomic E-state index is 13.1. The van der Waals surface area contributed by atoms with Crippen molar-refractivity contribution in [2.24, 2.45) is 0 Å². The Balaban J connectivity index is 1.88. The molecule has 0 aromatic heterocycles. The van der Waals surface area contributed by atoms with Crippen molar-refractivity contribution in [3.63, 3.8) is 0 Å². The fourth-order valence-electron chi connectivity index (χ4n) is 2.87. The Kier molecular flexibility index (Phi) is 7.46. The first-order chi connectivity index (χ1) is 14.4. The normalized spacial score (nSPS) is 12.2. The predicted molar refractivity (Wildman–Crippen MR) is 125 cm³/mol. The molecule has 0 saturated carbocycles. The van der Waals surface area contributed by atoms with Crippen molar-refractivity contribution in [2.75, 3.05) is 12.4 Å². The molecule has 1 atom stereocenters. The highest BCUT2D eigenvalue weighted by Crippen LogP contribution is 2.23. The van der Waals surface area contributed by atoms with Gasteiger partial charge in [0.25, 0.3) is 0 Å². The maximum Gasteiger partial charge on any atom is 0.243 e. The Bertz CT molecular complexity index is 1100. The van der Waals surface area contributed by atoms with Crippen molar-refractivity contribution in [2.45, 2.75) is 17.4 Å². The maximum atomic E-state index is 13.1. The number of hydrogen-bond acceptors (Lipinski definition) is 4. The summed E-state index contributed by atoms with van der Waals surface area (Å²) in [6.07, 6.45) is 0.200. The number of hydrogen-bond donors (Lipinski definition) is 2. The monoisotopic (exact) mass is 536 g/mol. The summed E-state index contributed by atoms with van der Waals surface area (Å²) in [7, 11) is -2.39. The molecule has 0 fully saturated rings. The van der Waals surface area contributed by atoms with Gasteiger partial charge in [-0.3, -0.25) is 4.79 Å². The van der Waals surface area contributed by atoms with Gasteiger partial charge >= 0.3 is 0 Å². The Morgan fingerprint density at radius 2 is 1.60 bits per heavy atom. The molecule has 1 amide bonds. The molecular formula is C22H21IN2O4S. The van der Waals surface area contributed by atoms with Gasteiger partial charge in [0.05, 0.1) is 17.7 Å². The van der Waals surface area contributed by atoms with Gasteiger partial charge < -0.3 is 10.1 Å². The fourth-order valence-corrected chi connectivity index (χ4v) is 4.43. The number of anilines is 1. The molecule has 0 unspecified atom stereocenters. The average Bonchev–Trinajstić information content (AvgIpc) is 2.74. The van der Waals surface area contributed by atoms with Gasteiger partial charge in [-0.1, -0.05) is 42.5 Å². The van der Waals surface area contributed by atoms with E-state index in [-0.39, 0.29) is 11.3 Å². The van der Waals surface area contributed by atoms with E-state index >= 15 is 0 Å². The van der Waals surface area contributed by atoms with Crippen LogP contribution >= 0.6 is 22.6 Å². The summed E-state index contributed by atoms with van der Waals surface area (Å²) >= 11 is 2.10. The first-order valence-electron chi connectivity index (χ1n) is 9.15. The molecule has 8 heteroatoms. The molecule has 0 aliphatic heterocycles. The van der Waals surface area contributed by atoms with Gasteiger partial charge in [0.1, 0.15) is 11.8 Å². The molecule has 156 valence electrons. The van der Waals surface area contributed by atoms with Crippen LogP contribution in [0.3, 0.4) is 0 Å². The van der Waals surface area contributed by atoms with Crippen LogP contribution < -0.4 is 14.8 Å². The fraction of sp³-hybridized carbons (Fsp3) is 0.136. The molecule has 0 radical (unpaired) electrons. The number of rotatable bonds is 8. The third-order valence-electron chi connectivity index (χ3n) is 4.39. The molecule has 0 saturated heterocycles. The van der Waals surface area contributed by atoms with Gasteiger partial charge in [-0.2, -0.15) is 4.72 Å². The second-order valence-corrected chi connectivity index (χ2v) is 9.47. The molecule has 0 aliphatic carbocycles. The lowest BCUT2D eigenvalue weighted by atomic mass is 10.1. The number of para-hydroxylation sites is 2. The predicted octanol–water partition coefficient (Wildman–Crippen LogP) is 3.83. The number of sulfonamides is 1. The molecule has 3 rings (SSSR count). The topological polar surface area (TPSA) is 84.5 Å².